The van der Waals surface area contributed by atoms with E-state index in [0.717, 1.165) is 11.7 Å². The largest absolute Gasteiger partial charge is 0.497 e. The molecule has 1 saturated carbocycles. The van der Waals surface area contributed by atoms with E-state index in [1.165, 1.54) is 36.3 Å². The van der Waals surface area contributed by atoms with Crippen LogP contribution in [0.15, 0.2) is 24.3 Å². The van der Waals surface area contributed by atoms with Gasteiger partial charge in [-0.15, -0.1) is 0 Å². The molecular formula is C15H21NOS. The second-order valence-electron chi connectivity index (χ2n) is 5.32. The summed E-state index contributed by atoms with van der Waals surface area (Å²) in [6.07, 6.45) is 4.08. The number of hydrogen-bond donors (Lipinski definition) is 1. The van der Waals surface area contributed by atoms with Gasteiger partial charge in [0.1, 0.15) is 5.75 Å². The molecule has 0 radical (unpaired) electrons. The Morgan fingerprint density at radius 3 is 2.56 bits per heavy atom. The Bertz CT molecular complexity index is 382. The first-order valence-corrected chi connectivity index (χ1v) is 8.00. The van der Waals surface area contributed by atoms with Crippen LogP contribution < -0.4 is 10.1 Å². The third-order valence-electron chi connectivity index (χ3n) is 3.91. The SMILES string of the molecule is COc1ccc(C(NC2CCSC2)C2CC2)cc1. The molecule has 0 amide bonds. The summed E-state index contributed by atoms with van der Waals surface area (Å²) in [7, 11) is 1.72. The minimum Gasteiger partial charge on any atom is -0.497 e. The Morgan fingerprint density at radius 1 is 1.22 bits per heavy atom. The summed E-state index contributed by atoms with van der Waals surface area (Å²) in [5.74, 6) is 4.39. The zero-order chi connectivity index (χ0) is 12.4. The van der Waals surface area contributed by atoms with Crippen LogP contribution in [0.2, 0.25) is 0 Å². The second-order valence-corrected chi connectivity index (χ2v) is 6.47. The molecule has 2 atom stereocenters. The molecule has 0 bridgehead atoms. The molecule has 1 heterocycles. The number of benzene rings is 1. The summed E-state index contributed by atoms with van der Waals surface area (Å²) in [5, 5.41) is 3.87. The number of nitrogens with one attached hydrogen (secondary N) is 1. The van der Waals surface area contributed by atoms with E-state index < -0.39 is 0 Å². The molecule has 1 aromatic rings. The molecular weight excluding hydrogens is 242 g/mol. The van der Waals surface area contributed by atoms with Crippen LogP contribution in [-0.2, 0) is 0 Å². The zero-order valence-electron chi connectivity index (χ0n) is 10.9. The average Bonchev–Trinajstić information content (AvgIpc) is 3.13. The lowest BCUT2D eigenvalue weighted by Gasteiger charge is -2.23. The quantitative estimate of drug-likeness (QED) is 0.881. The highest BCUT2D eigenvalue weighted by molar-refractivity contribution is 7.99. The van der Waals surface area contributed by atoms with Gasteiger partial charge in [-0.1, -0.05) is 12.1 Å². The van der Waals surface area contributed by atoms with E-state index in [4.69, 9.17) is 4.74 Å². The van der Waals surface area contributed by atoms with Crippen LogP contribution >= 0.6 is 11.8 Å². The summed E-state index contributed by atoms with van der Waals surface area (Å²) >= 11 is 2.08. The van der Waals surface area contributed by atoms with Crippen molar-refractivity contribution in [3.8, 4) is 5.75 Å². The summed E-state index contributed by atoms with van der Waals surface area (Å²) in [4.78, 5) is 0. The van der Waals surface area contributed by atoms with Crippen LogP contribution in [0.4, 0.5) is 0 Å². The lowest BCUT2D eigenvalue weighted by atomic mass is 10.0. The van der Waals surface area contributed by atoms with Gasteiger partial charge in [0.25, 0.3) is 0 Å². The van der Waals surface area contributed by atoms with Crippen molar-refractivity contribution in [2.24, 2.45) is 5.92 Å². The highest BCUT2D eigenvalue weighted by Crippen LogP contribution is 2.42. The van der Waals surface area contributed by atoms with E-state index in [1.807, 2.05) is 0 Å². The molecule has 1 N–H and O–H groups in total. The standard InChI is InChI=1S/C15H21NOS/c1-17-14-6-4-12(5-7-14)15(11-2-3-11)16-13-8-9-18-10-13/h4-7,11,13,15-16H,2-3,8-10H2,1H3. The van der Waals surface area contributed by atoms with Crippen molar-refractivity contribution in [1.82, 2.24) is 5.32 Å². The van der Waals surface area contributed by atoms with Crippen LogP contribution in [0, 0.1) is 5.92 Å². The molecule has 3 rings (SSSR count). The van der Waals surface area contributed by atoms with Gasteiger partial charge in [0.2, 0.25) is 0 Å². The molecule has 1 aromatic carbocycles. The first kappa shape index (κ1) is 12.4. The van der Waals surface area contributed by atoms with Crippen molar-refractivity contribution >= 4 is 11.8 Å². The minimum absolute atomic E-state index is 0.555. The van der Waals surface area contributed by atoms with E-state index in [0.29, 0.717) is 12.1 Å². The van der Waals surface area contributed by atoms with Gasteiger partial charge in [-0.2, -0.15) is 11.8 Å². The van der Waals surface area contributed by atoms with Gasteiger partial charge in [-0.25, -0.2) is 0 Å². The monoisotopic (exact) mass is 263 g/mol. The number of ether oxygens (including phenoxy) is 1. The molecule has 1 aliphatic heterocycles. The molecule has 1 saturated heterocycles. The summed E-state index contributed by atoms with van der Waals surface area (Å²) in [6.45, 7) is 0. The normalized spacial score (nSPS) is 25.1. The van der Waals surface area contributed by atoms with Gasteiger partial charge < -0.3 is 10.1 Å². The van der Waals surface area contributed by atoms with Crippen molar-refractivity contribution < 1.29 is 4.74 Å². The smallest absolute Gasteiger partial charge is 0.118 e. The van der Waals surface area contributed by atoms with Crippen molar-refractivity contribution in [2.45, 2.75) is 31.3 Å². The van der Waals surface area contributed by atoms with Crippen molar-refractivity contribution in [3.63, 3.8) is 0 Å². The molecule has 18 heavy (non-hydrogen) atoms. The van der Waals surface area contributed by atoms with Crippen LogP contribution in [-0.4, -0.2) is 24.7 Å². The lowest BCUT2D eigenvalue weighted by Crippen LogP contribution is -2.33. The molecule has 0 spiro atoms. The van der Waals surface area contributed by atoms with Crippen molar-refractivity contribution in [2.75, 3.05) is 18.6 Å². The van der Waals surface area contributed by atoms with Crippen LogP contribution in [0.5, 0.6) is 5.75 Å². The predicted octanol–water partition coefficient (Wildman–Crippen LogP) is 3.24. The Balaban J connectivity index is 1.71. The first-order valence-electron chi connectivity index (χ1n) is 6.84. The fraction of sp³-hybridized carbons (Fsp3) is 0.600. The van der Waals surface area contributed by atoms with Crippen molar-refractivity contribution in [1.29, 1.82) is 0 Å². The Morgan fingerprint density at radius 2 is 2.00 bits per heavy atom. The highest BCUT2D eigenvalue weighted by atomic mass is 32.2. The van der Waals surface area contributed by atoms with Gasteiger partial charge in [-0.3, -0.25) is 0 Å². The highest BCUT2D eigenvalue weighted by Gasteiger charge is 2.34. The maximum atomic E-state index is 5.23. The molecule has 2 nitrogen and oxygen atoms in total. The number of rotatable bonds is 5. The molecule has 2 fully saturated rings. The predicted molar refractivity (Wildman–Crippen MR) is 77.3 cm³/mol. The lowest BCUT2D eigenvalue weighted by molar-refractivity contribution is 0.410. The van der Waals surface area contributed by atoms with Crippen LogP contribution in [0.1, 0.15) is 30.9 Å². The maximum Gasteiger partial charge on any atom is 0.118 e. The van der Waals surface area contributed by atoms with E-state index in [2.05, 4.69) is 41.3 Å². The van der Waals surface area contributed by atoms with Gasteiger partial charge in [-0.05, 0) is 48.6 Å². The van der Waals surface area contributed by atoms with Gasteiger partial charge >= 0.3 is 0 Å². The van der Waals surface area contributed by atoms with Gasteiger partial charge in [0.15, 0.2) is 0 Å². The van der Waals surface area contributed by atoms with Gasteiger partial charge in [0, 0.05) is 17.8 Å². The summed E-state index contributed by atoms with van der Waals surface area (Å²) in [5.41, 5.74) is 1.43. The number of hydrogen-bond acceptors (Lipinski definition) is 3. The summed E-state index contributed by atoms with van der Waals surface area (Å²) < 4.78 is 5.23. The molecule has 1 aliphatic carbocycles. The summed E-state index contributed by atoms with van der Waals surface area (Å²) in [6, 6.07) is 9.86. The van der Waals surface area contributed by atoms with Gasteiger partial charge in [0.05, 0.1) is 7.11 Å². The molecule has 3 heteroatoms. The molecule has 2 aliphatic rings. The topological polar surface area (TPSA) is 21.3 Å². The van der Waals surface area contributed by atoms with Crippen molar-refractivity contribution in [3.05, 3.63) is 29.8 Å². The van der Waals surface area contributed by atoms with Crippen LogP contribution in [0.3, 0.4) is 0 Å². The Hall–Kier alpha value is -0.670. The number of thioether (sulfide) groups is 1. The first-order chi connectivity index (χ1) is 8.86. The van der Waals surface area contributed by atoms with E-state index in [1.54, 1.807) is 7.11 Å². The second kappa shape index (κ2) is 5.54. The molecule has 2 unspecified atom stereocenters. The number of methoxy groups -OCH3 is 1. The zero-order valence-corrected chi connectivity index (χ0v) is 11.7. The van der Waals surface area contributed by atoms with Crippen LogP contribution in [0.25, 0.3) is 0 Å². The average molecular weight is 263 g/mol. The maximum absolute atomic E-state index is 5.23. The third kappa shape index (κ3) is 2.83. The Kier molecular flexibility index (Phi) is 3.80. The minimum atomic E-state index is 0.555. The molecule has 98 valence electrons. The third-order valence-corrected chi connectivity index (χ3v) is 5.08. The molecule has 0 aromatic heterocycles. The Labute approximate surface area is 113 Å². The van der Waals surface area contributed by atoms with E-state index >= 15 is 0 Å². The van der Waals surface area contributed by atoms with E-state index in [9.17, 15) is 0 Å². The fourth-order valence-electron chi connectivity index (χ4n) is 2.67. The van der Waals surface area contributed by atoms with E-state index in [-0.39, 0.29) is 0 Å². The fourth-order valence-corrected chi connectivity index (χ4v) is 3.83.